The van der Waals surface area contributed by atoms with Gasteiger partial charge in [0.25, 0.3) is 0 Å². The summed E-state index contributed by atoms with van der Waals surface area (Å²) < 4.78 is 80.9. The normalized spacial score (nSPS) is 13.2. The number of methoxy groups -OCH3 is 1. The molecule has 10 nitrogen and oxygen atoms in total. The second-order valence-electron chi connectivity index (χ2n) is 10.7. The number of fused-ring (bicyclic) bond motifs is 1. The Hall–Kier alpha value is -3.19. The van der Waals surface area contributed by atoms with Gasteiger partial charge in [-0.2, -0.15) is 18.3 Å². The minimum Gasteiger partial charge on any atom is -0.468 e. The average molecular weight is 848 g/mol. The van der Waals surface area contributed by atoms with Crippen LogP contribution >= 0.6 is 62.2 Å². The van der Waals surface area contributed by atoms with Crippen LogP contribution < -0.4 is 9.67 Å². The largest absolute Gasteiger partial charge is 0.468 e. The Morgan fingerprint density at radius 3 is 2.32 bits per heavy atom. The fraction of sp³-hybridized carbons (Fsp3) is 0.367. The molecule has 0 atom stereocenters. The number of benzene rings is 2. The molecule has 1 aliphatic heterocycles. The summed E-state index contributed by atoms with van der Waals surface area (Å²) in [6.07, 6.45) is -3.25. The van der Waals surface area contributed by atoms with E-state index in [1.54, 1.807) is 23.2 Å². The van der Waals surface area contributed by atoms with Crippen LogP contribution in [0.2, 0.25) is 10.0 Å². The monoisotopic (exact) mass is 845 g/mol. The van der Waals surface area contributed by atoms with Crippen molar-refractivity contribution in [3.63, 3.8) is 0 Å². The van der Waals surface area contributed by atoms with Gasteiger partial charge in [-0.1, -0.05) is 23.2 Å². The van der Waals surface area contributed by atoms with Gasteiger partial charge in [-0.15, -0.1) is 11.8 Å². The third-order valence-corrected chi connectivity index (χ3v) is 10.2. The van der Waals surface area contributed by atoms with E-state index >= 15 is 0 Å². The van der Waals surface area contributed by atoms with Crippen LogP contribution in [0.5, 0.6) is 0 Å². The van der Waals surface area contributed by atoms with Crippen LogP contribution in [0.3, 0.4) is 0 Å². The summed E-state index contributed by atoms with van der Waals surface area (Å²) >= 11 is 16.8. The number of hydrogen-bond donors (Lipinski definition) is 0. The van der Waals surface area contributed by atoms with E-state index in [-0.39, 0.29) is 43.2 Å². The number of halogens is 8. The van der Waals surface area contributed by atoms with Crippen LogP contribution in [0, 0.1) is 11.6 Å². The third kappa shape index (κ3) is 9.18. The topological polar surface area (TPSA) is 110 Å². The number of esters is 2. The number of aryl methyl sites for hydroxylation is 1. The molecule has 5 rings (SSSR count). The van der Waals surface area contributed by atoms with Crippen molar-refractivity contribution in [3.8, 4) is 11.3 Å². The molecule has 0 N–H and O–H groups in total. The summed E-state index contributed by atoms with van der Waals surface area (Å²) in [6.45, 7) is 4.55. The van der Waals surface area contributed by atoms with Gasteiger partial charge < -0.3 is 9.47 Å². The molecule has 270 valence electrons. The molecule has 2 aromatic carbocycles. The summed E-state index contributed by atoms with van der Waals surface area (Å²) in [5.41, 5.74) is -1.78. The molecule has 4 aromatic rings. The lowest BCUT2D eigenvalue weighted by molar-refractivity contribution is -0.144. The van der Waals surface area contributed by atoms with Gasteiger partial charge >= 0.3 is 23.0 Å². The second-order valence-corrected chi connectivity index (χ2v) is 14.3. The Kier molecular flexibility index (Phi) is 13.0. The number of thioether (sulfide) groups is 1. The Labute approximate surface area is 307 Å². The molecule has 0 saturated carbocycles. The number of nitrogens with zero attached hydrogens (tertiary/aromatic N) is 5. The minimum atomic E-state index is -4.69. The number of ether oxygens (including phenoxy) is 2. The van der Waals surface area contributed by atoms with Crippen molar-refractivity contribution < 1.29 is 41.0 Å². The third-order valence-electron chi connectivity index (χ3n) is 6.81. The molecular formula is C30H27BrCl2F5N5O5S2. The first-order chi connectivity index (χ1) is 23.4. The maximum atomic E-state index is 14.3. The van der Waals surface area contributed by atoms with Crippen molar-refractivity contribution >= 4 is 79.9 Å². The van der Waals surface area contributed by atoms with Crippen LogP contribution in [0.15, 0.2) is 43.4 Å². The highest BCUT2D eigenvalue weighted by Crippen LogP contribution is 2.41. The van der Waals surface area contributed by atoms with Crippen LogP contribution in [0.25, 0.3) is 11.3 Å². The van der Waals surface area contributed by atoms with Gasteiger partial charge in [-0.3, -0.25) is 19.0 Å². The van der Waals surface area contributed by atoms with E-state index in [0.717, 1.165) is 61.2 Å². The van der Waals surface area contributed by atoms with Crippen molar-refractivity contribution in [3.05, 3.63) is 76.1 Å². The summed E-state index contributed by atoms with van der Waals surface area (Å²) in [5, 5.41) is 3.70. The molecule has 0 aliphatic carbocycles. The number of aromatic nitrogens is 4. The first-order valence-electron chi connectivity index (χ1n) is 14.5. The predicted octanol–water partition coefficient (Wildman–Crippen LogP) is 8.02. The molecule has 3 heterocycles. The van der Waals surface area contributed by atoms with Gasteiger partial charge in [0.05, 0.1) is 39.0 Å². The lowest BCUT2D eigenvalue weighted by Crippen LogP contribution is -2.31. The molecule has 20 heteroatoms. The Bertz CT molecular complexity index is 2060. The second kappa shape index (κ2) is 16.4. The highest BCUT2D eigenvalue weighted by Gasteiger charge is 2.39. The molecule has 0 radical (unpaired) electrons. The van der Waals surface area contributed by atoms with Gasteiger partial charge in [0, 0.05) is 30.6 Å². The zero-order valence-electron chi connectivity index (χ0n) is 26.5. The smallest absolute Gasteiger partial charge is 0.434 e. The molecule has 1 aliphatic rings. The van der Waals surface area contributed by atoms with Crippen molar-refractivity contribution in [1.29, 1.82) is 0 Å². The molecule has 2 aromatic heterocycles. The Morgan fingerprint density at radius 1 is 1.08 bits per heavy atom. The van der Waals surface area contributed by atoms with Gasteiger partial charge in [-0.25, -0.2) is 23.2 Å². The van der Waals surface area contributed by atoms with Gasteiger partial charge in [0.1, 0.15) is 23.0 Å². The maximum Gasteiger partial charge on any atom is 0.434 e. The van der Waals surface area contributed by atoms with Crippen LogP contribution in [0.4, 0.5) is 27.6 Å². The molecular weight excluding hydrogens is 820 g/mol. The average Bonchev–Trinajstić information content (AvgIpc) is 3.51. The number of hydrogen-bond acceptors (Lipinski definition) is 9. The summed E-state index contributed by atoms with van der Waals surface area (Å²) in [4.78, 5) is 40.5. The van der Waals surface area contributed by atoms with Crippen molar-refractivity contribution in [1.82, 2.24) is 19.1 Å². The quantitative estimate of drug-likeness (QED) is 0.105. The van der Waals surface area contributed by atoms with Gasteiger partial charge in [0.2, 0.25) is 4.80 Å². The van der Waals surface area contributed by atoms with E-state index in [4.69, 9.17) is 27.9 Å². The van der Waals surface area contributed by atoms with Crippen molar-refractivity contribution in [2.45, 2.75) is 57.0 Å². The lowest BCUT2D eigenvalue weighted by atomic mass is 10.1. The first kappa shape index (κ1) is 39.6. The van der Waals surface area contributed by atoms with Gasteiger partial charge in [0.15, 0.2) is 5.69 Å². The Balaban J connectivity index is 0.000000225. The number of alkyl halides is 3. The zero-order valence-corrected chi connectivity index (χ0v) is 31.3. The lowest BCUT2D eigenvalue weighted by Gasteiger charge is -2.15. The molecule has 0 spiro atoms. The molecule has 0 fully saturated rings. The van der Waals surface area contributed by atoms with E-state index in [1.165, 1.54) is 13.2 Å². The van der Waals surface area contributed by atoms with E-state index < -0.39 is 46.0 Å². The predicted molar refractivity (Wildman–Crippen MR) is 182 cm³/mol. The highest BCUT2D eigenvalue weighted by molar-refractivity contribution is 9.10. The molecule has 0 bridgehead atoms. The Morgan fingerprint density at radius 2 is 1.72 bits per heavy atom. The summed E-state index contributed by atoms with van der Waals surface area (Å²) in [7, 11) is 2.38. The fourth-order valence-electron chi connectivity index (χ4n) is 4.57. The standard InChI is InChI=1S/C15H12BrClF4N2O2.C15H15ClFN3O3S2/c1-6(2)25-14(24)7-4-8(10(18)5-9(7)17)12-11(16)13(15(19,20)21)23(3)22-12;1-23-13(21)8-24-12-7-11(10(17)6-9(12)16)18-14-19-4-2-3-5-20(19)15(22)25-14/h4-6H,1-3H3;6-7H,2-5,8H2,1H3/b;18-14-. The van der Waals surface area contributed by atoms with Crippen molar-refractivity contribution in [2.24, 2.45) is 12.0 Å². The molecule has 0 amide bonds. The molecule has 0 saturated heterocycles. The number of rotatable bonds is 7. The first-order valence-corrected chi connectivity index (χ1v) is 17.8. The van der Waals surface area contributed by atoms with E-state index in [1.807, 2.05) is 0 Å². The minimum absolute atomic E-state index is 0.0605. The molecule has 50 heavy (non-hydrogen) atoms. The number of carbonyl (C=O) groups is 2. The van der Waals surface area contributed by atoms with Crippen LogP contribution in [-0.2, 0) is 40.6 Å². The van der Waals surface area contributed by atoms with Crippen molar-refractivity contribution in [2.75, 3.05) is 12.9 Å². The fourth-order valence-corrected chi connectivity index (χ4v) is 7.56. The van der Waals surface area contributed by atoms with E-state index in [2.05, 4.69) is 30.8 Å². The summed E-state index contributed by atoms with van der Waals surface area (Å²) in [6, 6.07) is 4.50. The number of carbonyl (C=O) groups excluding carboxylic acids is 2. The van der Waals surface area contributed by atoms with Crippen LogP contribution in [-0.4, -0.2) is 50.0 Å². The van der Waals surface area contributed by atoms with E-state index in [9.17, 15) is 36.3 Å². The summed E-state index contributed by atoms with van der Waals surface area (Å²) in [5.74, 6) is -2.66. The highest BCUT2D eigenvalue weighted by atomic mass is 79.9. The van der Waals surface area contributed by atoms with Gasteiger partial charge in [-0.05, 0) is 78.2 Å². The van der Waals surface area contributed by atoms with E-state index in [0.29, 0.717) is 27.5 Å². The SMILES string of the molecule is CC(C)OC(=O)c1cc(-c2nn(C)c(C(F)(F)F)c2Br)c(F)cc1Cl.COC(=O)CSc1cc(/N=c2\sc(=O)n3n2CCCC3)c(F)cc1Cl. The zero-order chi connectivity index (χ0) is 37.1. The molecule has 0 unspecified atom stereocenters. The van der Waals surface area contributed by atoms with Crippen LogP contribution in [0.1, 0.15) is 42.7 Å². The maximum absolute atomic E-state index is 14.3.